The predicted octanol–water partition coefficient (Wildman–Crippen LogP) is 0.940. The number of carbonyl (C=O) groups excluding carboxylic acids is 1. The molecule has 1 aliphatic heterocycles. The number of nitrogens with zero attached hydrogens (tertiary/aromatic N) is 1. The fourth-order valence-electron chi connectivity index (χ4n) is 1.20. The zero-order valence-electron chi connectivity index (χ0n) is 7.51. The number of amides is 1. The van der Waals surface area contributed by atoms with Crippen molar-refractivity contribution in [1.29, 1.82) is 0 Å². The lowest BCUT2D eigenvalue weighted by atomic mass is 10.2. The summed E-state index contributed by atoms with van der Waals surface area (Å²) in [5.74, 6) is 0.499. The molecular weight excluding hydrogens is 180 g/mol. The lowest BCUT2D eigenvalue weighted by Crippen LogP contribution is -2.39. The molecule has 1 amide bonds. The van der Waals surface area contributed by atoms with Gasteiger partial charge >= 0.3 is 0 Å². The van der Waals surface area contributed by atoms with Crippen molar-refractivity contribution in [2.24, 2.45) is 5.10 Å². The topological polar surface area (TPSA) is 50.7 Å². The fraction of sp³-hybridized carbons (Fsp3) is 0.200. The van der Waals surface area contributed by atoms with Crippen molar-refractivity contribution >= 4 is 12.1 Å². The molecule has 2 rings (SSSR count). The summed E-state index contributed by atoms with van der Waals surface area (Å²) in [7, 11) is 0. The molecule has 1 aliphatic rings. The van der Waals surface area contributed by atoms with Crippen molar-refractivity contribution in [3.05, 3.63) is 30.3 Å². The molecule has 1 atom stereocenters. The molecule has 1 unspecified atom stereocenters. The monoisotopic (exact) mass is 190 g/mol. The maximum Gasteiger partial charge on any atom is 0.281 e. The Bertz CT molecular complexity index is 348. The molecule has 0 saturated heterocycles. The number of ether oxygens (including phenoxy) is 1. The Labute approximate surface area is 81.6 Å². The van der Waals surface area contributed by atoms with Crippen LogP contribution in [-0.2, 0) is 4.79 Å². The van der Waals surface area contributed by atoms with Crippen molar-refractivity contribution < 1.29 is 9.53 Å². The number of benzene rings is 1. The standard InChI is InChI=1S/C10H10N2O2/c13-10-9(6-7-11-12-10)14-8-4-2-1-3-5-8/h1-5,7,9H,6H2,(H,12,13). The predicted molar refractivity (Wildman–Crippen MR) is 52.1 cm³/mol. The van der Waals surface area contributed by atoms with Crippen molar-refractivity contribution in [1.82, 2.24) is 5.43 Å². The fourth-order valence-corrected chi connectivity index (χ4v) is 1.20. The Kier molecular flexibility index (Phi) is 2.44. The Morgan fingerprint density at radius 3 is 2.86 bits per heavy atom. The van der Waals surface area contributed by atoms with Gasteiger partial charge in [0.05, 0.1) is 0 Å². The Morgan fingerprint density at radius 1 is 1.36 bits per heavy atom. The molecule has 0 aliphatic carbocycles. The Hall–Kier alpha value is -1.84. The van der Waals surface area contributed by atoms with Crippen LogP contribution in [0, 0.1) is 0 Å². The highest BCUT2D eigenvalue weighted by Gasteiger charge is 2.21. The average molecular weight is 190 g/mol. The van der Waals surface area contributed by atoms with Crippen molar-refractivity contribution in [3.63, 3.8) is 0 Å². The molecular formula is C10H10N2O2. The first-order valence-electron chi connectivity index (χ1n) is 4.39. The van der Waals surface area contributed by atoms with Crippen LogP contribution >= 0.6 is 0 Å². The molecule has 0 radical (unpaired) electrons. The van der Waals surface area contributed by atoms with Crippen molar-refractivity contribution in [2.45, 2.75) is 12.5 Å². The van der Waals surface area contributed by atoms with E-state index in [0.717, 1.165) is 0 Å². The van der Waals surface area contributed by atoms with E-state index in [0.29, 0.717) is 12.2 Å². The van der Waals surface area contributed by atoms with Crippen LogP contribution in [0.2, 0.25) is 0 Å². The summed E-state index contributed by atoms with van der Waals surface area (Å²) in [6, 6.07) is 9.27. The van der Waals surface area contributed by atoms with E-state index in [1.54, 1.807) is 6.21 Å². The van der Waals surface area contributed by atoms with E-state index in [9.17, 15) is 4.79 Å². The summed E-state index contributed by atoms with van der Waals surface area (Å²) in [5.41, 5.74) is 2.36. The molecule has 0 spiro atoms. The van der Waals surface area contributed by atoms with Crippen LogP contribution in [0.3, 0.4) is 0 Å². The third kappa shape index (κ3) is 1.90. The van der Waals surface area contributed by atoms with Gasteiger partial charge in [0, 0.05) is 12.6 Å². The molecule has 0 aromatic heterocycles. The molecule has 0 saturated carbocycles. The van der Waals surface area contributed by atoms with Gasteiger partial charge in [0.25, 0.3) is 5.91 Å². The van der Waals surface area contributed by atoms with Crippen LogP contribution in [0.15, 0.2) is 35.4 Å². The maximum absolute atomic E-state index is 11.2. The molecule has 1 heterocycles. The minimum Gasteiger partial charge on any atom is -0.480 e. The van der Waals surface area contributed by atoms with Crippen LogP contribution in [0.4, 0.5) is 0 Å². The molecule has 0 bridgehead atoms. The van der Waals surface area contributed by atoms with E-state index in [1.165, 1.54) is 0 Å². The maximum atomic E-state index is 11.2. The second-order valence-electron chi connectivity index (χ2n) is 2.94. The first-order valence-corrected chi connectivity index (χ1v) is 4.39. The van der Waals surface area contributed by atoms with Gasteiger partial charge in [-0.3, -0.25) is 4.79 Å². The van der Waals surface area contributed by atoms with Gasteiger partial charge in [-0.15, -0.1) is 0 Å². The summed E-state index contributed by atoms with van der Waals surface area (Å²) < 4.78 is 5.46. The molecule has 1 aromatic rings. The number of nitrogens with one attached hydrogen (secondary N) is 1. The van der Waals surface area contributed by atoms with E-state index in [1.807, 2.05) is 30.3 Å². The lowest BCUT2D eigenvalue weighted by molar-refractivity contribution is -0.128. The molecule has 14 heavy (non-hydrogen) atoms. The zero-order valence-corrected chi connectivity index (χ0v) is 7.51. The van der Waals surface area contributed by atoms with Gasteiger partial charge in [0.1, 0.15) is 5.75 Å². The van der Waals surface area contributed by atoms with Gasteiger partial charge < -0.3 is 4.74 Å². The third-order valence-corrected chi connectivity index (χ3v) is 1.90. The molecule has 1 aromatic carbocycles. The van der Waals surface area contributed by atoms with Gasteiger partial charge in [-0.2, -0.15) is 5.10 Å². The van der Waals surface area contributed by atoms with Gasteiger partial charge in [0.2, 0.25) is 0 Å². The molecule has 4 nitrogen and oxygen atoms in total. The van der Waals surface area contributed by atoms with E-state index < -0.39 is 6.10 Å². The SMILES string of the molecule is O=C1NN=CCC1Oc1ccccc1. The largest absolute Gasteiger partial charge is 0.480 e. The first kappa shape index (κ1) is 8.74. The first-order chi connectivity index (χ1) is 6.86. The van der Waals surface area contributed by atoms with Crippen LogP contribution < -0.4 is 10.2 Å². The number of rotatable bonds is 2. The van der Waals surface area contributed by atoms with Crippen LogP contribution in [0.1, 0.15) is 6.42 Å². The summed E-state index contributed by atoms with van der Waals surface area (Å²) in [6.45, 7) is 0. The van der Waals surface area contributed by atoms with Gasteiger partial charge in [0.15, 0.2) is 6.10 Å². The average Bonchev–Trinajstić information content (AvgIpc) is 2.23. The zero-order chi connectivity index (χ0) is 9.80. The van der Waals surface area contributed by atoms with E-state index in [4.69, 9.17) is 4.74 Å². The number of para-hydroxylation sites is 1. The van der Waals surface area contributed by atoms with E-state index >= 15 is 0 Å². The normalized spacial score (nSPS) is 20.3. The summed E-state index contributed by atoms with van der Waals surface area (Å²) in [5, 5.41) is 3.65. The minimum atomic E-state index is -0.463. The van der Waals surface area contributed by atoms with Gasteiger partial charge in [-0.05, 0) is 12.1 Å². The third-order valence-electron chi connectivity index (χ3n) is 1.90. The van der Waals surface area contributed by atoms with Crippen LogP contribution in [0.25, 0.3) is 0 Å². The second kappa shape index (κ2) is 3.91. The highest BCUT2D eigenvalue weighted by atomic mass is 16.5. The Balaban J connectivity index is 2.04. The van der Waals surface area contributed by atoms with Crippen LogP contribution in [0.5, 0.6) is 5.75 Å². The van der Waals surface area contributed by atoms with Gasteiger partial charge in [-0.25, -0.2) is 5.43 Å². The summed E-state index contributed by atoms with van der Waals surface area (Å²) >= 11 is 0. The van der Waals surface area contributed by atoms with Crippen LogP contribution in [-0.4, -0.2) is 18.2 Å². The number of carbonyl (C=O) groups is 1. The number of hydrogen-bond acceptors (Lipinski definition) is 3. The van der Waals surface area contributed by atoms with E-state index in [2.05, 4.69) is 10.5 Å². The second-order valence-corrected chi connectivity index (χ2v) is 2.94. The molecule has 4 heteroatoms. The highest BCUT2D eigenvalue weighted by Crippen LogP contribution is 2.12. The molecule has 1 N–H and O–H groups in total. The van der Waals surface area contributed by atoms with Gasteiger partial charge in [-0.1, -0.05) is 18.2 Å². The molecule has 72 valence electrons. The quantitative estimate of drug-likeness (QED) is 0.754. The minimum absolute atomic E-state index is 0.198. The summed E-state index contributed by atoms with van der Waals surface area (Å²) in [4.78, 5) is 11.2. The smallest absolute Gasteiger partial charge is 0.281 e. The molecule has 0 fully saturated rings. The summed E-state index contributed by atoms with van der Waals surface area (Å²) in [6.07, 6.45) is 1.69. The number of hydrogen-bond donors (Lipinski definition) is 1. The highest BCUT2D eigenvalue weighted by molar-refractivity contribution is 5.86. The Morgan fingerprint density at radius 2 is 2.14 bits per heavy atom. The van der Waals surface area contributed by atoms with Crippen molar-refractivity contribution in [3.8, 4) is 5.75 Å². The van der Waals surface area contributed by atoms with E-state index in [-0.39, 0.29) is 5.91 Å². The number of hydrazone groups is 1. The van der Waals surface area contributed by atoms with Crippen molar-refractivity contribution in [2.75, 3.05) is 0 Å². The lowest BCUT2D eigenvalue weighted by Gasteiger charge is -2.18.